The summed E-state index contributed by atoms with van der Waals surface area (Å²) < 4.78 is 20.3. The maximum Gasteiger partial charge on any atom is 0.262 e. The fourth-order valence-corrected chi connectivity index (χ4v) is 5.17. The Morgan fingerprint density at radius 1 is 1.30 bits per heavy atom. The third-order valence-corrected chi connectivity index (χ3v) is 6.63. The number of nitrogens with zero attached hydrogens (tertiary/aromatic N) is 2. The third-order valence-electron chi connectivity index (χ3n) is 6.41. The van der Waals surface area contributed by atoms with Crippen molar-refractivity contribution in [2.45, 2.75) is 30.9 Å². The van der Waals surface area contributed by atoms with E-state index < -0.39 is 11.4 Å². The van der Waals surface area contributed by atoms with Crippen molar-refractivity contribution in [3.8, 4) is 16.9 Å². The van der Waals surface area contributed by atoms with Crippen LogP contribution < -0.4 is 10.5 Å². The zero-order valence-corrected chi connectivity index (χ0v) is 17.2. The minimum absolute atomic E-state index is 0.155. The number of nitrogens with two attached hydrogens (primary N) is 1. The van der Waals surface area contributed by atoms with Crippen LogP contribution in [0, 0.1) is 11.7 Å². The van der Waals surface area contributed by atoms with Crippen molar-refractivity contribution in [1.82, 2.24) is 4.90 Å². The van der Waals surface area contributed by atoms with Gasteiger partial charge in [-0.25, -0.2) is 9.38 Å². The summed E-state index contributed by atoms with van der Waals surface area (Å²) in [6.45, 7) is 4.11. The highest BCUT2D eigenvalue weighted by Crippen LogP contribution is 2.54. The van der Waals surface area contributed by atoms with Crippen molar-refractivity contribution in [3.63, 3.8) is 0 Å². The molecular weight excluding hydrogens is 405 g/mol. The second-order valence-electron chi connectivity index (χ2n) is 8.23. The molecule has 5 rings (SSSR count). The number of carbonyl (C=O) groups is 1. The Morgan fingerprint density at radius 3 is 2.80 bits per heavy atom. The first-order valence-corrected chi connectivity index (χ1v) is 10.2. The van der Waals surface area contributed by atoms with Crippen LogP contribution in [0.25, 0.3) is 11.1 Å². The number of likely N-dealkylation sites (N-methyl/N-ethyl adjacent to an activating group) is 1. The van der Waals surface area contributed by atoms with Crippen LogP contribution in [-0.4, -0.2) is 29.9 Å². The maximum absolute atomic E-state index is 14.0. The summed E-state index contributed by atoms with van der Waals surface area (Å²) in [5.41, 5.74) is 8.07. The fourth-order valence-electron chi connectivity index (χ4n) is 4.95. The Morgan fingerprint density at radius 2 is 2.10 bits per heavy atom. The maximum atomic E-state index is 14.0. The predicted molar refractivity (Wildman–Crippen MR) is 114 cm³/mol. The van der Waals surface area contributed by atoms with Gasteiger partial charge in [0.1, 0.15) is 17.7 Å². The second-order valence-corrected chi connectivity index (χ2v) is 8.66. The summed E-state index contributed by atoms with van der Waals surface area (Å²) in [4.78, 5) is 19.6. The molecule has 0 saturated heterocycles. The molecule has 5 nitrogen and oxygen atoms in total. The van der Waals surface area contributed by atoms with E-state index in [4.69, 9.17) is 27.1 Å². The monoisotopic (exact) mass is 425 g/mol. The van der Waals surface area contributed by atoms with Crippen LogP contribution >= 0.6 is 11.6 Å². The minimum atomic E-state index is -1.15. The number of fused-ring (bicyclic) bond motifs is 4. The van der Waals surface area contributed by atoms with Gasteiger partial charge in [-0.05, 0) is 54.3 Å². The fraction of sp³-hybridized carbons (Fsp3) is 0.304. The van der Waals surface area contributed by atoms with Gasteiger partial charge in [0.2, 0.25) is 0 Å². The molecule has 7 heteroatoms. The number of aliphatic imine (C=N–C) groups is 1. The Hall–Kier alpha value is -2.86. The van der Waals surface area contributed by atoms with Crippen molar-refractivity contribution in [1.29, 1.82) is 0 Å². The number of carbonyl (C=O) groups excluding carboxylic acids is 1. The van der Waals surface area contributed by atoms with E-state index in [1.165, 1.54) is 17.0 Å². The highest BCUT2D eigenvalue weighted by molar-refractivity contribution is 6.30. The Labute approximate surface area is 179 Å². The van der Waals surface area contributed by atoms with Crippen LogP contribution in [0.2, 0.25) is 5.02 Å². The molecule has 2 aromatic rings. The molecule has 3 atom stereocenters. The first kappa shape index (κ1) is 19.1. The molecule has 1 saturated carbocycles. The lowest BCUT2D eigenvalue weighted by atomic mass is 9.66. The first-order valence-electron chi connectivity index (χ1n) is 9.87. The molecule has 2 N–H and O–H groups in total. The van der Waals surface area contributed by atoms with Crippen LogP contribution in [0.5, 0.6) is 5.75 Å². The van der Waals surface area contributed by atoms with E-state index in [9.17, 15) is 9.18 Å². The number of amides is 1. The van der Waals surface area contributed by atoms with Gasteiger partial charge in [0.25, 0.3) is 5.91 Å². The predicted octanol–water partition coefficient (Wildman–Crippen LogP) is 4.25. The van der Waals surface area contributed by atoms with Gasteiger partial charge < -0.3 is 10.5 Å². The van der Waals surface area contributed by atoms with Crippen LogP contribution in [-0.2, 0) is 10.3 Å². The van der Waals surface area contributed by atoms with Crippen molar-refractivity contribution in [2.24, 2.45) is 16.6 Å². The molecule has 2 aromatic carbocycles. The summed E-state index contributed by atoms with van der Waals surface area (Å²) in [7, 11) is 1.64. The van der Waals surface area contributed by atoms with E-state index in [0.717, 1.165) is 24.0 Å². The van der Waals surface area contributed by atoms with Gasteiger partial charge in [0, 0.05) is 30.0 Å². The number of halogens is 2. The van der Waals surface area contributed by atoms with E-state index in [0.29, 0.717) is 28.3 Å². The Balaban J connectivity index is 1.72. The first-order chi connectivity index (χ1) is 14.3. The standard InChI is InChI=1S/C23H21ClFN3O2/c1-12-3-5-17-20(7-12)30-19-6-4-13(14-8-15(24)11-16(25)9-14)10-18(19)23(17)21(29)28(2)22(26)27-23/h4,6,8-11,17,20H,1,3,5,7H2,2H3,(H2,26,27). The van der Waals surface area contributed by atoms with Gasteiger partial charge in [0.05, 0.1) is 0 Å². The lowest BCUT2D eigenvalue weighted by Gasteiger charge is -2.46. The third kappa shape index (κ3) is 2.67. The number of hydrogen-bond acceptors (Lipinski definition) is 4. The molecule has 1 fully saturated rings. The van der Waals surface area contributed by atoms with Crippen LogP contribution in [0.3, 0.4) is 0 Å². The largest absolute Gasteiger partial charge is 0.489 e. The molecule has 2 aliphatic heterocycles. The number of rotatable bonds is 1. The SMILES string of the molecule is C=C1CCC2C(C1)Oc1ccc(-c3cc(F)cc(Cl)c3)cc1C21N=C(N)N(C)C1=O. The van der Waals surface area contributed by atoms with Crippen molar-refractivity contribution >= 4 is 23.5 Å². The zero-order chi connectivity index (χ0) is 21.2. The quantitative estimate of drug-likeness (QED) is 0.694. The van der Waals surface area contributed by atoms with E-state index in [1.807, 2.05) is 18.2 Å². The highest BCUT2D eigenvalue weighted by Gasteiger charge is 2.60. The molecule has 1 amide bonds. The van der Waals surface area contributed by atoms with Gasteiger partial charge in [-0.3, -0.25) is 9.69 Å². The normalized spacial score (nSPS) is 27.6. The van der Waals surface area contributed by atoms with Gasteiger partial charge in [-0.2, -0.15) is 0 Å². The molecular formula is C23H21ClFN3O2. The topological polar surface area (TPSA) is 67.9 Å². The van der Waals surface area contributed by atoms with Crippen LogP contribution in [0.1, 0.15) is 24.8 Å². The molecule has 0 bridgehead atoms. The molecule has 1 aliphatic carbocycles. The summed E-state index contributed by atoms with van der Waals surface area (Å²) in [5, 5.41) is 0.304. The summed E-state index contributed by atoms with van der Waals surface area (Å²) in [6.07, 6.45) is 2.03. The average Bonchev–Trinajstić information content (AvgIpc) is 2.92. The van der Waals surface area contributed by atoms with Crippen molar-refractivity contribution < 1.29 is 13.9 Å². The van der Waals surface area contributed by atoms with Gasteiger partial charge >= 0.3 is 0 Å². The van der Waals surface area contributed by atoms with E-state index in [2.05, 4.69) is 6.58 Å². The molecule has 1 spiro atoms. The van der Waals surface area contributed by atoms with Crippen molar-refractivity contribution in [3.05, 3.63) is 65.0 Å². The minimum Gasteiger partial charge on any atom is -0.489 e. The molecule has 3 unspecified atom stereocenters. The number of benzene rings is 2. The molecule has 154 valence electrons. The molecule has 0 aromatic heterocycles. The molecule has 0 radical (unpaired) electrons. The zero-order valence-electron chi connectivity index (χ0n) is 16.5. The number of guanidine groups is 1. The van der Waals surface area contributed by atoms with Gasteiger partial charge in [-0.15, -0.1) is 0 Å². The highest BCUT2D eigenvalue weighted by atomic mass is 35.5. The average molecular weight is 426 g/mol. The van der Waals surface area contributed by atoms with Crippen molar-refractivity contribution in [2.75, 3.05) is 7.05 Å². The Bertz CT molecular complexity index is 1110. The lowest BCUT2D eigenvalue weighted by Crippen LogP contribution is -2.53. The summed E-state index contributed by atoms with van der Waals surface area (Å²) >= 11 is 6.06. The lowest BCUT2D eigenvalue weighted by molar-refractivity contribution is -0.136. The molecule has 30 heavy (non-hydrogen) atoms. The smallest absolute Gasteiger partial charge is 0.262 e. The van der Waals surface area contributed by atoms with E-state index in [-0.39, 0.29) is 23.9 Å². The van der Waals surface area contributed by atoms with Gasteiger partial charge in [-0.1, -0.05) is 29.8 Å². The second kappa shape index (κ2) is 6.57. The number of hydrogen-bond donors (Lipinski definition) is 1. The molecule has 3 aliphatic rings. The van der Waals surface area contributed by atoms with E-state index in [1.54, 1.807) is 13.1 Å². The van der Waals surface area contributed by atoms with Crippen LogP contribution in [0.15, 0.2) is 53.5 Å². The summed E-state index contributed by atoms with van der Waals surface area (Å²) in [5.74, 6) is 0.0397. The number of ether oxygens (including phenoxy) is 1. The van der Waals surface area contributed by atoms with Gasteiger partial charge in [0.15, 0.2) is 11.5 Å². The summed E-state index contributed by atoms with van der Waals surface area (Å²) in [6, 6.07) is 9.87. The van der Waals surface area contributed by atoms with E-state index >= 15 is 0 Å². The molecule has 2 heterocycles. The Kier molecular flexibility index (Phi) is 4.19. The van der Waals surface area contributed by atoms with Crippen LogP contribution in [0.4, 0.5) is 4.39 Å².